The number of methoxy groups -OCH3 is 3. The van der Waals surface area contributed by atoms with Gasteiger partial charge in [0.05, 0.1) is 32.6 Å². The topological polar surface area (TPSA) is 78.1 Å². The molecular formula is C31H27N3O4. The third kappa shape index (κ3) is 4.82. The molecule has 0 saturated carbocycles. The van der Waals surface area contributed by atoms with Crippen LogP contribution >= 0.6 is 0 Å². The smallest absolute Gasteiger partial charge is 0.164 e. The zero-order valence-corrected chi connectivity index (χ0v) is 21.3. The van der Waals surface area contributed by atoms with E-state index in [1.54, 1.807) is 38.6 Å². The van der Waals surface area contributed by atoms with Crippen LogP contribution in [0, 0.1) is 0 Å². The SMILES string of the molecule is COc1cc(/C=N/c2c(-c3ccccc3)c(-c3ccc(OC)c(OC)c3)nn2-c2ccccc2)ccc1O. The summed E-state index contributed by atoms with van der Waals surface area (Å²) in [5.41, 5.74) is 5.08. The number of aromatic hydroxyl groups is 1. The fraction of sp³-hybridized carbons (Fsp3) is 0.0968. The molecule has 0 radical (unpaired) electrons. The summed E-state index contributed by atoms with van der Waals surface area (Å²) in [7, 11) is 4.75. The predicted molar refractivity (Wildman–Crippen MR) is 149 cm³/mol. The quantitative estimate of drug-likeness (QED) is 0.238. The van der Waals surface area contributed by atoms with Crippen molar-refractivity contribution in [3.63, 3.8) is 0 Å². The highest BCUT2D eigenvalue weighted by molar-refractivity contribution is 5.92. The average Bonchev–Trinajstić information content (AvgIpc) is 3.36. The first-order valence-corrected chi connectivity index (χ1v) is 12.0. The zero-order chi connectivity index (χ0) is 26.5. The maximum Gasteiger partial charge on any atom is 0.164 e. The molecule has 4 aromatic carbocycles. The number of benzene rings is 4. The Labute approximate surface area is 221 Å². The first-order chi connectivity index (χ1) is 18.6. The minimum Gasteiger partial charge on any atom is -0.504 e. The average molecular weight is 506 g/mol. The Bertz CT molecular complexity index is 1580. The van der Waals surface area contributed by atoms with E-state index in [0.717, 1.165) is 33.6 Å². The van der Waals surface area contributed by atoms with E-state index in [9.17, 15) is 5.11 Å². The van der Waals surface area contributed by atoms with E-state index in [1.165, 1.54) is 7.11 Å². The molecule has 0 unspecified atom stereocenters. The van der Waals surface area contributed by atoms with Gasteiger partial charge in [0.15, 0.2) is 28.8 Å². The summed E-state index contributed by atoms with van der Waals surface area (Å²) in [4.78, 5) is 4.94. The highest BCUT2D eigenvalue weighted by Crippen LogP contribution is 2.42. The molecule has 190 valence electrons. The van der Waals surface area contributed by atoms with Gasteiger partial charge in [-0.3, -0.25) is 0 Å². The van der Waals surface area contributed by atoms with Crippen LogP contribution in [0.1, 0.15) is 5.56 Å². The minimum atomic E-state index is 0.0692. The maximum absolute atomic E-state index is 10.0. The molecule has 38 heavy (non-hydrogen) atoms. The Morgan fingerprint density at radius 2 is 1.39 bits per heavy atom. The van der Waals surface area contributed by atoms with E-state index >= 15 is 0 Å². The van der Waals surface area contributed by atoms with Crippen molar-refractivity contribution in [1.82, 2.24) is 9.78 Å². The van der Waals surface area contributed by atoms with Crippen molar-refractivity contribution in [2.45, 2.75) is 0 Å². The lowest BCUT2D eigenvalue weighted by Crippen LogP contribution is -1.96. The van der Waals surface area contributed by atoms with Crippen LogP contribution in [0.2, 0.25) is 0 Å². The van der Waals surface area contributed by atoms with Gasteiger partial charge in [0.2, 0.25) is 0 Å². The van der Waals surface area contributed by atoms with Crippen molar-refractivity contribution in [2.24, 2.45) is 4.99 Å². The molecule has 5 rings (SSSR count). The van der Waals surface area contributed by atoms with Crippen LogP contribution in [0.25, 0.3) is 28.1 Å². The summed E-state index contributed by atoms with van der Waals surface area (Å²) >= 11 is 0. The Morgan fingerprint density at radius 3 is 2.08 bits per heavy atom. The predicted octanol–water partition coefficient (Wildman–Crippen LogP) is 6.69. The van der Waals surface area contributed by atoms with Crippen LogP contribution in [-0.2, 0) is 0 Å². The van der Waals surface area contributed by atoms with E-state index in [4.69, 9.17) is 24.3 Å². The molecule has 0 amide bonds. The zero-order valence-electron chi connectivity index (χ0n) is 21.3. The molecule has 7 heteroatoms. The molecule has 0 bridgehead atoms. The molecule has 7 nitrogen and oxygen atoms in total. The number of phenolic OH excluding ortho intramolecular Hbond substituents is 1. The largest absolute Gasteiger partial charge is 0.504 e. The molecule has 0 atom stereocenters. The summed E-state index contributed by atoms with van der Waals surface area (Å²) in [5.74, 6) is 2.35. The first kappa shape index (κ1) is 24.6. The van der Waals surface area contributed by atoms with Crippen LogP contribution in [-0.4, -0.2) is 42.4 Å². The standard InChI is InChI=1S/C31H27N3O4/c1-36-26-17-15-23(19-28(26)38-3)30-29(22-10-6-4-7-11-22)31(34(33-30)24-12-8-5-9-13-24)32-20-21-14-16-25(35)27(18-21)37-2/h4-20,35H,1-3H3/b32-20+. The number of para-hydroxylation sites is 1. The Morgan fingerprint density at radius 1 is 0.711 bits per heavy atom. The molecule has 0 aliphatic rings. The van der Waals surface area contributed by atoms with Crippen LogP contribution in [0.3, 0.4) is 0 Å². The van der Waals surface area contributed by atoms with Crippen molar-refractivity contribution in [3.05, 3.63) is 103 Å². The van der Waals surface area contributed by atoms with Crippen molar-refractivity contribution in [3.8, 4) is 51.1 Å². The number of aromatic nitrogens is 2. The second kappa shape index (κ2) is 10.9. The third-order valence-corrected chi connectivity index (χ3v) is 6.12. The lowest BCUT2D eigenvalue weighted by atomic mass is 10.0. The molecule has 0 fully saturated rings. The summed E-state index contributed by atoms with van der Waals surface area (Å²) < 4.78 is 18.1. The van der Waals surface area contributed by atoms with Crippen LogP contribution in [0.4, 0.5) is 5.82 Å². The molecule has 1 N–H and O–H groups in total. The number of aliphatic imine (C=N–C) groups is 1. The van der Waals surface area contributed by atoms with Gasteiger partial charge in [0.25, 0.3) is 0 Å². The monoisotopic (exact) mass is 505 g/mol. The second-order valence-electron chi connectivity index (χ2n) is 8.42. The highest BCUT2D eigenvalue weighted by Gasteiger charge is 2.22. The highest BCUT2D eigenvalue weighted by atomic mass is 16.5. The van der Waals surface area contributed by atoms with Crippen LogP contribution < -0.4 is 14.2 Å². The van der Waals surface area contributed by atoms with Crippen molar-refractivity contribution < 1.29 is 19.3 Å². The Hall–Kier alpha value is -5.04. The summed E-state index contributed by atoms with van der Waals surface area (Å²) in [6, 6.07) is 30.8. The lowest BCUT2D eigenvalue weighted by molar-refractivity contribution is 0.355. The van der Waals surface area contributed by atoms with Gasteiger partial charge in [-0.25, -0.2) is 9.67 Å². The van der Waals surface area contributed by atoms with E-state index in [-0.39, 0.29) is 5.75 Å². The van der Waals surface area contributed by atoms with Crippen LogP contribution in [0.15, 0.2) is 102 Å². The van der Waals surface area contributed by atoms with Gasteiger partial charge in [-0.05, 0) is 59.7 Å². The number of hydrogen-bond donors (Lipinski definition) is 1. The fourth-order valence-corrected chi connectivity index (χ4v) is 4.24. The Balaban J connectivity index is 1.77. The van der Waals surface area contributed by atoms with Gasteiger partial charge < -0.3 is 19.3 Å². The maximum atomic E-state index is 10.0. The van der Waals surface area contributed by atoms with Gasteiger partial charge in [0.1, 0.15) is 5.69 Å². The Kier molecular flexibility index (Phi) is 7.08. The molecular weight excluding hydrogens is 478 g/mol. The lowest BCUT2D eigenvalue weighted by Gasteiger charge is -2.10. The van der Waals surface area contributed by atoms with E-state index in [0.29, 0.717) is 23.1 Å². The number of hydrogen-bond acceptors (Lipinski definition) is 6. The summed E-state index contributed by atoms with van der Waals surface area (Å²) in [5, 5.41) is 15.1. The van der Waals surface area contributed by atoms with E-state index in [2.05, 4.69) is 0 Å². The van der Waals surface area contributed by atoms with E-state index in [1.807, 2.05) is 83.5 Å². The van der Waals surface area contributed by atoms with Crippen molar-refractivity contribution in [1.29, 1.82) is 0 Å². The van der Waals surface area contributed by atoms with Gasteiger partial charge in [-0.2, -0.15) is 5.10 Å². The molecule has 5 aromatic rings. The fourth-order valence-electron chi connectivity index (χ4n) is 4.24. The third-order valence-electron chi connectivity index (χ3n) is 6.12. The summed E-state index contributed by atoms with van der Waals surface area (Å²) in [6.45, 7) is 0. The number of nitrogens with zero attached hydrogens (tertiary/aromatic N) is 3. The molecule has 0 aliphatic heterocycles. The second-order valence-corrected chi connectivity index (χ2v) is 8.42. The number of ether oxygens (including phenoxy) is 3. The molecule has 1 aromatic heterocycles. The molecule has 1 heterocycles. The van der Waals surface area contributed by atoms with Crippen molar-refractivity contribution >= 4 is 12.0 Å². The van der Waals surface area contributed by atoms with Crippen LogP contribution in [0.5, 0.6) is 23.0 Å². The number of phenols is 1. The normalized spacial score (nSPS) is 11.0. The number of rotatable bonds is 8. The van der Waals surface area contributed by atoms with Crippen molar-refractivity contribution in [2.75, 3.05) is 21.3 Å². The first-order valence-electron chi connectivity index (χ1n) is 12.0. The van der Waals surface area contributed by atoms with Gasteiger partial charge in [-0.15, -0.1) is 0 Å². The van der Waals surface area contributed by atoms with Gasteiger partial charge in [0, 0.05) is 11.8 Å². The molecule has 0 saturated heterocycles. The van der Waals surface area contributed by atoms with Gasteiger partial charge in [-0.1, -0.05) is 48.5 Å². The molecule has 0 aliphatic carbocycles. The van der Waals surface area contributed by atoms with Gasteiger partial charge >= 0.3 is 0 Å². The molecule has 0 spiro atoms. The minimum absolute atomic E-state index is 0.0692. The summed E-state index contributed by atoms with van der Waals surface area (Å²) in [6.07, 6.45) is 1.74. The van der Waals surface area contributed by atoms with E-state index < -0.39 is 0 Å².